The van der Waals surface area contributed by atoms with Crippen molar-refractivity contribution in [2.45, 2.75) is 52.3 Å². The number of pyridine rings is 1. The number of anilines is 1. The van der Waals surface area contributed by atoms with E-state index in [0.717, 1.165) is 6.54 Å². The van der Waals surface area contributed by atoms with E-state index in [-0.39, 0.29) is 39.6 Å². The van der Waals surface area contributed by atoms with Gasteiger partial charge in [0, 0.05) is 55.8 Å². The Kier molecular flexibility index (Phi) is 6.66. The van der Waals surface area contributed by atoms with E-state index in [0.29, 0.717) is 55.5 Å². The van der Waals surface area contributed by atoms with E-state index >= 15 is 4.39 Å². The number of hydrogen-bond donors (Lipinski definition) is 1. The van der Waals surface area contributed by atoms with Gasteiger partial charge >= 0.3 is 0 Å². The lowest BCUT2D eigenvalue weighted by Gasteiger charge is -2.46. The maximum absolute atomic E-state index is 15.1. The van der Waals surface area contributed by atoms with Crippen LogP contribution < -0.4 is 15.0 Å². The highest BCUT2D eigenvalue weighted by molar-refractivity contribution is 6.35. The molecule has 9 heteroatoms. The predicted octanol–water partition coefficient (Wildman–Crippen LogP) is 4.29. The van der Waals surface area contributed by atoms with Crippen LogP contribution in [0, 0.1) is 11.2 Å². The lowest BCUT2D eigenvalue weighted by atomic mass is 9.83. The fourth-order valence-electron chi connectivity index (χ4n) is 5.67. The summed E-state index contributed by atoms with van der Waals surface area (Å²) < 4.78 is 21.8. The van der Waals surface area contributed by atoms with E-state index in [1.807, 2.05) is 4.90 Å². The van der Waals surface area contributed by atoms with Crippen molar-refractivity contribution in [3.63, 3.8) is 0 Å². The highest BCUT2D eigenvalue weighted by Gasteiger charge is 2.47. The van der Waals surface area contributed by atoms with E-state index in [9.17, 15) is 4.79 Å². The van der Waals surface area contributed by atoms with Crippen LogP contribution in [-0.4, -0.2) is 84.7 Å². The molecule has 1 aromatic heterocycles. The van der Waals surface area contributed by atoms with Crippen LogP contribution in [0.1, 0.15) is 45.0 Å². The number of benzene rings is 1. The van der Waals surface area contributed by atoms with Crippen molar-refractivity contribution < 1.29 is 13.9 Å². The van der Waals surface area contributed by atoms with Crippen molar-refractivity contribution in [3.05, 3.63) is 40.7 Å². The maximum atomic E-state index is 15.1. The highest BCUT2D eigenvalue weighted by atomic mass is 35.5. The first kappa shape index (κ1) is 26.2. The van der Waals surface area contributed by atoms with Gasteiger partial charge in [-0.1, -0.05) is 44.5 Å². The van der Waals surface area contributed by atoms with E-state index < -0.39 is 5.82 Å². The molecule has 37 heavy (non-hydrogen) atoms. The number of likely N-dealkylation sites (N-methyl/N-ethyl adjacent to an activating group) is 1. The van der Waals surface area contributed by atoms with Crippen LogP contribution in [0.25, 0.3) is 11.3 Å². The molecule has 7 nitrogen and oxygen atoms in total. The van der Waals surface area contributed by atoms with Crippen LogP contribution in [0.4, 0.5) is 10.2 Å². The predicted molar refractivity (Wildman–Crippen MR) is 145 cm³/mol. The third-order valence-electron chi connectivity index (χ3n) is 8.03. The summed E-state index contributed by atoms with van der Waals surface area (Å²) in [5.74, 6) is 0.265. The molecule has 0 radical (unpaired) electrons. The number of halogens is 2. The van der Waals surface area contributed by atoms with Crippen molar-refractivity contribution in [1.82, 2.24) is 20.1 Å². The summed E-state index contributed by atoms with van der Waals surface area (Å²) >= 11 is 7.01. The van der Waals surface area contributed by atoms with Gasteiger partial charge < -0.3 is 19.9 Å². The summed E-state index contributed by atoms with van der Waals surface area (Å²) in [5, 5.41) is 3.60. The first-order chi connectivity index (χ1) is 17.4. The minimum atomic E-state index is -0.421. The van der Waals surface area contributed by atoms with Crippen LogP contribution in [0.2, 0.25) is 5.02 Å². The topological polar surface area (TPSA) is 60.9 Å². The molecular weight excluding hydrogens is 493 g/mol. The number of fused-ring (bicyclic) bond motifs is 2. The van der Waals surface area contributed by atoms with Crippen molar-refractivity contribution in [2.24, 2.45) is 5.41 Å². The zero-order valence-corrected chi connectivity index (χ0v) is 23.3. The van der Waals surface area contributed by atoms with Crippen LogP contribution >= 0.6 is 11.6 Å². The number of aromatic nitrogens is 1. The molecule has 5 rings (SSSR count). The summed E-state index contributed by atoms with van der Waals surface area (Å²) in [5.41, 5.74) is 0.528. The molecular formula is C28H37ClFN5O2. The van der Waals surface area contributed by atoms with Crippen LogP contribution in [0.3, 0.4) is 0 Å². The van der Waals surface area contributed by atoms with Gasteiger partial charge in [-0.05, 0) is 33.0 Å². The summed E-state index contributed by atoms with van der Waals surface area (Å²) in [6, 6.07) is 6.30. The molecule has 2 atom stereocenters. The molecule has 3 aliphatic heterocycles. The second kappa shape index (κ2) is 9.40. The zero-order valence-electron chi connectivity index (χ0n) is 22.6. The molecule has 3 aliphatic rings. The first-order valence-corrected chi connectivity index (χ1v) is 13.4. The molecule has 1 unspecified atom stereocenters. The van der Waals surface area contributed by atoms with Gasteiger partial charge in [-0.2, -0.15) is 0 Å². The maximum Gasteiger partial charge on any atom is 0.261 e. The van der Waals surface area contributed by atoms with Gasteiger partial charge in [0.05, 0.1) is 11.7 Å². The second-order valence-electron chi connectivity index (χ2n) is 12.1. The van der Waals surface area contributed by atoms with Crippen LogP contribution in [-0.2, 0) is 0 Å². The van der Waals surface area contributed by atoms with E-state index in [2.05, 4.69) is 56.8 Å². The number of amides is 1. The zero-order chi connectivity index (χ0) is 26.7. The number of nitrogens with zero attached hydrogens (tertiary/aromatic N) is 4. The van der Waals surface area contributed by atoms with Gasteiger partial charge in [0.2, 0.25) is 0 Å². The third kappa shape index (κ3) is 4.57. The number of carbonyl (C=O) groups is 1. The summed E-state index contributed by atoms with van der Waals surface area (Å²) in [4.78, 5) is 25.6. The third-order valence-corrected chi connectivity index (χ3v) is 8.38. The van der Waals surface area contributed by atoms with E-state index in [4.69, 9.17) is 21.3 Å². The molecule has 2 saturated heterocycles. The van der Waals surface area contributed by atoms with Crippen LogP contribution in [0.5, 0.6) is 5.75 Å². The molecule has 0 spiro atoms. The van der Waals surface area contributed by atoms with Gasteiger partial charge in [-0.15, -0.1) is 0 Å². The number of piperazine rings is 2. The highest BCUT2D eigenvalue weighted by Crippen LogP contribution is 2.47. The Morgan fingerprint density at radius 3 is 2.59 bits per heavy atom. The standard InChI is InChI=1S/C28H37ClFN5O2/c1-27(2,3)24-19-15-31-11-12-35(19)26(36)20-23(37-24)21(29)22(17-9-7-8-10-18(17)30)32-25(20)34-14-13-33(6)28(4,5)16-34/h7-10,19,24,31H,11-16H2,1-6H3/t19?,24-/m0/s1. The quantitative estimate of drug-likeness (QED) is 0.626. The molecule has 1 N–H and O–H groups in total. The minimum Gasteiger partial charge on any atom is -0.485 e. The molecule has 1 amide bonds. The SMILES string of the molecule is CN1CCN(c2nc(-c3ccccc3F)c(Cl)c3c2C(=O)N2CCNCC2[C@@H](C(C)(C)C)O3)CC1(C)C. The van der Waals surface area contributed by atoms with Gasteiger partial charge in [0.25, 0.3) is 5.91 Å². The van der Waals surface area contributed by atoms with Crippen molar-refractivity contribution in [2.75, 3.05) is 51.2 Å². The van der Waals surface area contributed by atoms with Gasteiger partial charge in [-0.25, -0.2) is 9.37 Å². The first-order valence-electron chi connectivity index (χ1n) is 13.0. The summed E-state index contributed by atoms with van der Waals surface area (Å²) in [7, 11) is 2.10. The van der Waals surface area contributed by atoms with Gasteiger partial charge in [-0.3, -0.25) is 9.69 Å². The Balaban J connectivity index is 1.77. The number of carbonyl (C=O) groups excluding carboxylic acids is 1. The van der Waals surface area contributed by atoms with Gasteiger partial charge in [0.15, 0.2) is 5.75 Å². The minimum absolute atomic E-state index is 0.130. The number of rotatable bonds is 2. The summed E-state index contributed by atoms with van der Waals surface area (Å²) in [6.07, 6.45) is -0.323. The molecule has 2 aromatic rings. The average Bonchev–Trinajstić information content (AvgIpc) is 2.97. The summed E-state index contributed by atoms with van der Waals surface area (Å²) in [6.45, 7) is 14.7. The van der Waals surface area contributed by atoms with E-state index in [1.54, 1.807) is 18.2 Å². The smallest absolute Gasteiger partial charge is 0.261 e. The lowest BCUT2D eigenvalue weighted by Crippen LogP contribution is -2.61. The van der Waals surface area contributed by atoms with Gasteiger partial charge in [0.1, 0.15) is 28.3 Å². The van der Waals surface area contributed by atoms with E-state index in [1.165, 1.54) is 6.07 Å². The van der Waals surface area contributed by atoms with Crippen molar-refractivity contribution in [1.29, 1.82) is 0 Å². The Morgan fingerprint density at radius 1 is 1.19 bits per heavy atom. The Labute approximate surface area is 223 Å². The Morgan fingerprint density at radius 2 is 1.92 bits per heavy atom. The number of hydrogen-bond acceptors (Lipinski definition) is 6. The lowest BCUT2D eigenvalue weighted by molar-refractivity contribution is 0.00236. The second-order valence-corrected chi connectivity index (χ2v) is 12.5. The monoisotopic (exact) mass is 529 g/mol. The fourth-order valence-corrected chi connectivity index (χ4v) is 5.95. The normalized spacial score (nSPS) is 24.3. The molecule has 0 bridgehead atoms. The molecule has 0 aliphatic carbocycles. The van der Waals surface area contributed by atoms with Crippen molar-refractivity contribution >= 4 is 23.3 Å². The Bertz CT molecular complexity index is 1210. The Hall–Kier alpha value is -2.42. The largest absolute Gasteiger partial charge is 0.485 e. The number of ether oxygens (including phenoxy) is 1. The van der Waals surface area contributed by atoms with Crippen molar-refractivity contribution in [3.8, 4) is 17.0 Å². The molecule has 1 aromatic carbocycles. The molecule has 200 valence electrons. The number of nitrogens with one attached hydrogen (secondary N) is 1. The molecule has 0 saturated carbocycles. The molecule has 2 fully saturated rings. The van der Waals surface area contributed by atoms with Crippen LogP contribution in [0.15, 0.2) is 24.3 Å². The fraction of sp³-hybridized carbons (Fsp3) is 0.571. The molecule has 4 heterocycles. The average molecular weight is 530 g/mol.